The molecule has 1 aliphatic rings. The number of hydrogen-bond donors (Lipinski definition) is 0. The van der Waals surface area contributed by atoms with Crippen molar-refractivity contribution < 1.29 is 4.74 Å². The first-order valence-electron chi connectivity index (χ1n) is 7.79. The second kappa shape index (κ2) is 5.82. The van der Waals surface area contributed by atoms with Gasteiger partial charge in [0.1, 0.15) is 0 Å². The maximum Gasteiger partial charge on any atom is 0.261 e. The van der Waals surface area contributed by atoms with Crippen molar-refractivity contribution in [2.45, 2.75) is 32.9 Å². The normalized spacial score (nSPS) is 22.5. The number of likely N-dealkylation sites (N-methyl/N-ethyl adjacent to an activating group) is 1. The first-order chi connectivity index (χ1) is 10.6. The van der Waals surface area contributed by atoms with E-state index in [0.717, 1.165) is 36.3 Å². The standard InChI is InChI=1S/C17H23N3O2/c1-5-19-8-14(15(9-19)22-4)20-10-18-16-12(3)11(2)6-7-13(16)17(20)21/h6-7,10,14-15H,5,8-9H2,1-4H3/t14-,15-/m0/s1. The molecular formula is C17H23N3O2. The molecule has 1 fully saturated rings. The van der Waals surface area contributed by atoms with Crippen LogP contribution in [-0.4, -0.2) is 47.3 Å². The molecule has 0 spiro atoms. The van der Waals surface area contributed by atoms with Gasteiger partial charge in [-0.3, -0.25) is 14.3 Å². The SMILES string of the molecule is CCN1C[C@H](OC)[C@@H](n2cnc3c(C)c(C)ccc3c2=O)C1. The van der Waals surface area contributed by atoms with Crippen molar-refractivity contribution in [1.29, 1.82) is 0 Å². The summed E-state index contributed by atoms with van der Waals surface area (Å²) in [5.41, 5.74) is 3.07. The third-order valence-corrected chi connectivity index (χ3v) is 4.90. The van der Waals surface area contributed by atoms with E-state index in [2.05, 4.69) is 16.8 Å². The van der Waals surface area contributed by atoms with Gasteiger partial charge in [0.05, 0.1) is 29.4 Å². The van der Waals surface area contributed by atoms with Crippen LogP contribution in [0.5, 0.6) is 0 Å². The van der Waals surface area contributed by atoms with Crippen LogP contribution in [0, 0.1) is 13.8 Å². The first-order valence-corrected chi connectivity index (χ1v) is 7.79. The summed E-state index contributed by atoms with van der Waals surface area (Å²) in [6.45, 7) is 8.83. The van der Waals surface area contributed by atoms with Crippen LogP contribution >= 0.6 is 0 Å². The quantitative estimate of drug-likeness (QED) is 0.869. The molecule has 2 heterocycles. The monoisotopic (exact) mass is 301 g/mol. The molecule has 5 heteroatoms. The Morgan fingerprint density at radius 3 is 2.77 bits per heavy atom. The van der Waals surface area contributed by atoms with Crippen LogP contribution in [0.25, 0.3) is 10.9 Å². The molecule has 22 heavy (non-hydrogen) atoms. The topological polar surface area (TPSA) is 47.4 Å². The summed E-state index contributed by atoms with van der Waals surface area (Å²) in [7, 11) is 1.71. The number of likely N-dealkylation sites (tertiary alicyclic amines) is 1. The number of aromatic nitrogens is 2. The van der Waals surface area contributed by atoms with Crippen molar-refractivity contribution in [1.82, 2.24) is 14.5 Å². The largest absolute Gasteiger partial charge is 0.378 e. The van der Waals surface area contributed by atoms with Gasteiger partial charge in [0.25, 0.3) is 5.56 Å². The van der Waals surface area contributed by atoms with Crippen molar-refractivity contribution in [2.75, 3.05) is 26.7 Å². The molecule has 2 atom stereocenters. The van der Waals surface area contributed by atoms with E-state index in [4.69, 9.17) is 4.74 Å². The molecule has 3 rings (SSSR count). The molecule has 0 N–H and O–H groups in total. The summed E-state index contributed by atoms with van der Waals surface area (Å²) in [6.07, 6.45) is 1.72. The minimum Gasteiger partial charge on any atom is -0.378 e. The Morgan fingerprint density at radius 2 is 2.09 bits per heavy atom. The highest BCUT2D eigenvalue weighted by atomic mass is 16.5. The average Bonchev–Trinajstić information content (AvgIpc) is 2.94. The van der Waals surface area contributed by atoms with Gasteiger partial charge < -0.3 is 4.74 Å². The second-order valence-corrected chi connectivity index (χ2v) is 6.05. The maximum atomic E-state index is 12.9. The van der Waals surface area contributed by atoms with E-state index in [9.17, 15) is 4.79 Å². The number of benzene rings is 1. The lowest BCUT2D eigenvalue weighted by molar-refractivity contribution is 0.0807. The fraction of sp³-hybridized carbons (Fsp3) is 0.529. The molecule has 0 amide bonds. The van der Waals surface area contributed by atoms with Gasteiger partial charge >= 0.3 is 0 Å². The van der Waals surface area contributed by atoms with Crippen molar-refractivity contribution in [3.63, 3.8) is 0 Å². The minimum absolute atomic E-state index is 0.0240. The van der Waals surface area contributed by atoms with Crippen LogP contribution in [0.2, 0.25) is 0 Å². The Bertz CT molecular complexity index is 753. The molecular weight excluding hydrogens is 278 g/mol. The van der Waals surface area contributed by atoms with Crippen LogP contribution in [0.1, 0.15) is 24.1 Å². The Morgan fingerprint density at radius 1 is 1.32 bits per heavy atom. The van der Waals surface area contributed by atoms with Gasteiger partial charge in [0.2, 0.25) is 0 Å². The highest BCUT2D eigenvalue weighted by Gasteiger charge is 2.34. The van der Waals surface area contributed by atoms with Crippen molar-refractivity contribution in [3.05, 3.63) is 39.9 Å². The van der Waals surface area contributed by atoms with Crippen LogP contribution in [0.3, 0.4) is 0 Å². The zero-order chi connectivity index (χ0) is 15.9. The van der Waals surface area contributed by atoms with E-state index < -0.39 is 0 Å². The third-order valence-electron chi connectivity index (χ3n) is 4.90. The lowest BCUT2D eigenvalue weighted by atomic mass is 10.1. The summed E-state index contributed by atoms with van der Waals surface area (Å²) in [6, 6.07) is 3.90. The van der Waals surface area contributed by atoms with Crippen LogP contribution in [0.4, 0.5) is 0 Å². The summed E-state index contributed by atoms with van der Waals surface area (Å²) >= 11 is 0. The van der Waals surface area contributed by atoms with Crippen molar-refractivity contribution in [3.8, 4) is 0 Å². The fourth-order valence-corrected chi connectivity index (χ4v) is 3.28. The first kappa shape index (κ1) is 15.2. The number of rotatable bonds is 3. The Labute approximate surface area is 130 Å². The molecule has 118 valence electrons. The summed E-state index contributed by atoms with van der Waals surface area (Å²) < 4.78 is 7.34. The Kier molecular flexibility index (Phi) is 4.02. The van der Waals surface area contributed by atoms with Gasteiger partial charge in [-0.05, 0) is 37.6 Å². The number of nitrogens with zero attached hydrogens (tertiary/aromatic N) is 3. The molecule has 1 aromatic carbocycles. The molecule has 0 saturated carbocycles. The highest BCUT2D eigenvalue weighted by molar-refractivity contribution is 5.81. The van der Waals surface area contributed by atoms with E-state index >= 15 is 0 Å². The maximum absolute atomic E-state index is 12.9. The van der Waals surface area contributed by atoms with E-state index in [1.807, 2.05) is 26.0 Å². The minimum atomic E-state index is 0.0240. The van der Waals surface area contributed by atoms with E-state index in [1.54, 1.807) is 18.0 Å². The van der Waals surface area contributed by atoms with Gasteiger partial charge in [-0.25, -0.2) is 4.98 Å². The van der Waals surface area contributed by atoms with Gasteiger partial charge in [-0.1, -0.05) is 13.0 Å². The molecule has 1 aromatic heterocycles. The molecule has 1 saturated heterocycles. The average molecular weight is 301 g/mol. The summed E-state index contributed by atoms with van der Waals surface area (Å²) in [5.74, 6) is 0. The van der Waals surface area contributed by atoms with E-state index in [1.165, 1.54) is 0 Å². The Hall–Kier alpha value is -1.72. The zero-order valence-electron chi connectivity index (χ0n) is 13.7. The van der Waals surface area contributed by atoms with Crippen LogP contribution < -0.4 is 5.56 Å². The fourth-order valence-electron chi connectivity index (χ4n) is 3.28. The molecule has 0 radical (unpaired) electrons. The Balaban J connectivity index is 2.11. The van der Waals surface area contributed by atoms with Gasteiger partial charge in [0.15, 0.2) is 0 Å². The predicted molar refractivity (Wildman–Crippen MR) is 87.4 cm³/mol. The lowest BCUT2D eigenvalue weighted by Crippen LogP contribution is -2.33. The van der Waals surface area contributed by atoms with Crippen LogP contribution in [0.15, 0.2) is 23.3 Å². The van der Waals surface area contributed by atoms with Crippen LogP contribution in [-0.2, 0) is 4.74 Å². The van der Waals surface area contributed by atoms with E-state index in [0.29, 0.717) is 5.39 Å². The van der Waals surface area contributed by atoms with Crippen molar-refractivity contribution >= 4 is 10.9 Å². The molecule has 0 aliphatic carbocycles. The lowest BCUT2D eigenvalue weighted by Gasteiger charge is -2.20. The number of ether oxygens (including phenoxy) is 1. The van der Waals surface area contributed by atoms with Gasteiger partial charge in [0, 0.05) is 20.2 Å². The molecule has 5 nitrogen and oxygen atoms in total. The predicted octanol–water partition coefficient (Wildman–Crippen LogP) is 1.90. The molecule has 1 aliphatic heterocycles. The number of hydrogen-bond acceptors (Lipinski definition) is 4. The zero-order valence-corrected chi connectivity index (χ0v) is 13.7. The van der Waals surface area contributed by atoms with Gasteiger partial charge in [-0.15, -0.1) is 0 Å². The van der Waals surface area contributed by atoms with Crippen molar-refractivity contribution in [2.24, 2.45) is 0 Å². The van der Waals surface area contributed by atoms with Gasteiger partial charge in [-0.2, -0.15) is 0 Å². The summed E-state index contributed by atoms with van der Waals surface area (Å²) in [4.78, 5) is 19.7. The smallest absolute Gasteiger partial charge is 0.261 e. The highest BCUT2D eigenvalue weighted by Crippen LogP contribution is 2.24. The number of methoxy groups -OCH3 is 1. The number of aryl methyl sites for hydroxylation is 2. The molecule has 2 aromatic rings. The van der Waals surface area contributed by atoms with E-state index in [-0.39, 0.29) is 17.7 Å². The second-order valence-electron chi connectivity index (χ2n) is 6.05. The third kappa shape index (κ3) is 2.34. The molecule has 0 unspecified atom stereocenters. The summed E-state index contributed by atoms with van der Waals surface area (Å²) in [5, 5.41) is 0.690. The number of fused-ring (bicyclic) bond motifs is 1. The molecule has 0 bridgehead atoms.